The molecule has 5 nitrogen and oxygen atoms in total. The number of piperidine rings is 1. The maximum absolute atomic E-state index is 12.1. The molecule has 1 aromatic carbocycles. The number of aromatic nitrogens is 1. The highest BCUT2D eigenvalue weighted by molar-refractivity contribution is 5.77. The van der Waals surface area contributed by atoms with E-state index in [1.165, 1.54) is 12.8 Å². The van der Waals surface area contributed by atoms with Gasteiger partial charge < -0.3 is 15.1 Å². The van der Waals surface area contributed by atoms with E-state index in [0.717, 1.165) is 29.8 Å². The van der Waals surface area contributed by atoms with Gasteiger partial charge in [0.05, 0.1) is 0 Å². The molecule has 3 rings (SSSR count). The SMILES string of the molecule is Cc1cccc2oc(CCNC(=O)CC(C)C3CCNCC3)nc12. The second-order valence-corrected chi connectivity index (χ2v) is 6.90. The highest BCUT2D eigenvalue weighted by atomic mass is 16.3. The molecule has 24 heavy (non-hydrogen) atoms. The third-order valence-electron chi connectivity index (χ3n) is 5.02. The summed E-state index contributed by atoms with van der Waals surface area (Å²) in [6.07, 6.45) is 3.59. The molecular weight excluding hydrogens is 302 g/mol. The van der Waals surface area contributed by atoms with Crippen LogP contribution in [0.1, 0.15) is 37.6 Å². The number of fused-ring (bicyclic) bond motifs is 1. The molecule has 2 aromatic rings. The summed E-state index contributed by atoms with van der Waals surface area (Å²) < 4.78 is 5.74. The molecule has 0 bridgehead atoms. The largest absolute Gasteiger partial charge is 0.441 e. The Hall–Kier alpha value is -1.88. The smallest absolute Gasteiger partial charge is 0.220 e. The highest BCUT2D eigenvalue weighted by Gasteiger charge is 2.21. The Labute approximate surface area is 143 Å². The van der Waals surface area contributed by atoms with E-state index < -0.39 is 0 Å². The molecule has 0 saturated carbocycles. The van der Waals surface area contributed by atoms with Gasteiger partial charge in [-0.05, 0) is 56.3 Å². The second-order valence-electron chi connectivity index (χ2n) is 6.90. The van der Waals surface area contributed by atoms with Crippen LogP contribution < -0.4 is 10.6 Å². The van der Waals surface area contributed by atoms with Gasteiger partial charge in [0.2, 0.25) is 5.91 Å². The number of para-hydroxylation sites is 1. The molecule has 1 saturated heterocycles. The maximum atomic E-state index is 12.1. The number of carbonyl (C=O) groups excluding carboxylic acids is 1. The molecular formula is C19H27N3O2. The van der Waals surface area contributed by atoms with Gasteiger partial charge in [0.15, 0.2) is 11.5 Å². The average Bonchev–Trinajstić information content (AvgIpc) is 3.00. The predicted octanol–water partition coefficient (Wildman–Crippen LogP) is 2.82. The molecule has 1 atom stereocenters. The van der Waals surface area contributed by atoms with E-state index in [2.05, 4.69) is 22.5 Å². The van der Waals surface area contributed by atoms with Crippen molar-refractivity contribution in [1.82, 2.24) is 15.6 Å². The summed E-state index contributed by atoms with van der Waals surface area (Å²) in [5.74, 6) is 1.93. The van der Waals surface area contributed by atoms with Crippen molar-refractivity contribution in [3.8, 4) is 0 Å². The van der Waals surface area contributed by atoms with Gasteiger partial charge in [-0.25, -0.2) is 4.98 Å². The van der Waals surface area contributed by atoms with Gasteiger partial charge in [-0.2, -0.15) is 0 Å². The number of nitrogens with one attached hydrogen (secondary N) is 2. The zero-order valence-corrected chi connectivity index (χ0v) is 14.6. The lowest BCUT2D eigenvalue weighted by Gasteiger charge is -2.27. The van der Waals surface area contributed by atoms with Crippen LogP contribution in [-0.2, 0) is 11.2 Å². The van der Waals surface area contributed by atoms with Crippen molar-refractivity contribution < 1.29 is 9.21 Å². The first-order valence-electron chi connectivity index (χ1n) is 8.96. The van der Waals surface area contributed by atoms with E-state index >= 15 is 0 Å². The molecule has 0 aliphatic carbocycles. The van der Waals surface area contributed by atoms with Crippen molar-refractivity contribution >= 4 is 17.0 Å². The van der Waals surface area contributed by atoms with Crippen LogP contribution >= 0.6 is 0 Å². The summed E-state index contributed by atoms with van der Waals surface area (Å²) in [5, 5.41) is 6.38. The number of hydrogen-bond donors (Lipinski definition) is 2. The number of amides is 1. The number of oxazole rings is 1. The van der Waals surface area contributed by atoms with Gasteiger partial charge in [0, 0.05) is 19.4 Å². The van der Waals surface area contributed by atoms with Crippen LogP contribution in [0, 0.1) is 18.8 Å². The van der Waals surface area contributed by atoms with E-state index in [9.17, 15) is 4.79 Å². The number of rotatable bonds is 6. The topological polar surface area (TPSA) is 67.2 Å². The number of carbonyl (C=O) groups is 1. The van der Waals surface area contributed by atoms with Crippen molar-refractivity contribution in [3.05, 3.63) is 29.7 Å². The number of nitrogens with zero attached hydrogens (tertiary/aromatic N) is 1. The predicted molar refractivity (Wildman–Crippen MR) is 94.8 cm³/mol. The van der Waals surface area contributed by atoms with Crippen molar-refractivity contribution in [2.45, 2.75) is 39.5 Å². The van der Waals surface area contributed by atoms with Crippen LogP contribution in [0.4, 0.5) is 0 Å². The van der Waals surface area contributed by atoms with Crippen LogP contribution in [0.5, 0.6) is 0 Å². The van der Waals surface area contributed by atoms with Gasteiger partial charge in [0.25, 0.3) is 0 Å². The van der Waals surface area contributed by atoms with Crippen LogP contribution in [-0.4, -0.2) is 30.5 Å². The summed E-state index contributed by atoms with van der Waals surface area (Å²) in [6, 6.07) is 5.92. The molecule has 1 fully saturated rings. The van der Waals surface area contributed by atoms with Gasteiger partial charge in [-0.1, -0.05) is 19.1 Å². The zero-order chi connectivity index (χ0) is 16.9. The quantitative estimate of drug-likeness (QED) is 0.855. The molecule has 2 N–H and O–H groups in total. The molecule has 1 unspecified atom stereocenters. The minimum Gasteiger partial charge on any atom is -0.441 e. The Morgan fingerprint density at radius 3 is 2.96 bits per heavy atom. The standard InChI is InChI=1S/C19H27N3O2/c1-13-4-3-5-16-19(13)22-18(24-16)8-11-21-17(23)12-14(2)15-6-9-20-10-7-15/h3-5,14-15,20H,6-12H2,1-2H3,(H,21,23). The lowest BCUT2D eigenvalue weighted by atomic mass is 9.84. The van der Waals surface area contributed by atoms with Gasteiger partial charge in [-0.3, -0.25) is 4.79 Å². The van der Waals surface area contributed by atoms with Gasteiger partial charge >= 0.3 is 0 Å². The molecule has 1 aliphatic rings. The van der Waals surface area contributed by atoms with Crippen LogP contribution in [0.2, 0.25) is 0 Å². The number of benzene rings is 1. The Balaban J connectivity index is 1.45. The summed E-state index contributed by atoms with van der Waals surface area (Å²) >= 11 is 0. The summed E-state index contributed by atoms with van der Waals surface area (Å²) in [6.45, 7) is 6.95. The van der Waals surface area contributed by atoms with Crippen LogP contribution in [0.3, 0.4) is 0 Å². The van der Waals surface area contributed by atoms with E-state index in [1.54, 1.807) is 0 Å². The minimum atomic E-state index is 0.133. The normalized spacial score (nSPS) is 17.1. The van der Waals surface area contributed by atoms with Gasteiger partial charge in [0.1, 0.15) is 5.52 Å². The van der Waals surface area contributed by atoms with Crippen LogP contribution in [0.25, 0.3) is 11.1 Å². The third kappa shape index (κ3) is 4.15. The average molecular weight is 329 g/mol. The molecule has 5 heteroatoms. The lowest BCUT2D eigenvalue weighted by Crippen LogP contribution is -2.34. The van der Waals surface area contributed by atoms with E-state index in [4.69, 9.17) is 4.42 Å². The van der Waals surface area contributed by atoms with Gasteiger partial charge in [-0.15, -0.1) is 0 Å². The number of hydrogen-bond acceptors (Lipinski definition) is 4. The first kappa shape index (κ1) is 17.0. The molecule has 0 spiro atoms. The fourth-order valence-electron chi connectivity index (χ4n) is 3.49. The highest BCUT2D eigenvalue weighted by Crippen LogP contribution is 2.24. The zero-order valence-electron chi connectivity index (χ0n) is 14.6. The molecule has 1 aliphatic heterocycles. The number of aryl methyl sites for hydroxylation is 1. The third-order valence-corrected chi connectivity index (χ3v) is 5.02. The molecule has 1 amide bonds. The van der Waals surface area contributed by atoms with Crippen molar-refractivity contribution in [2.24, 2.45) is 11.8 Å². The lowest BCUT2D eigenvalue weighted by molar-refractivity contribution is -0.122. The first-order valence-corrected chi connectivity index (χ1v) is 8.96. The fraction of sp³-hybridized carbons (Fsp3) is 0.579. The Morgan fingerprint density at radius 2 is 2.21 bits per heavy atom. The van der Waals surface area contributed by atoms with E-state index in [1.807, 2.05) is 25.1 Å². The second kappa shape index (κ2) is 7.79. The van der Waals surface area contributed by atoms with Crippen LogP contribution in [0.15, 0.2) is 22.6 Å². The molecule has 130 valence electrons. The van der Waals surface area contributed by atoms with E-state index in [0.29, 0.717) is 37.1 Å². The summed E-state index contributed by atoms with van der Waals surface area (Å²) in [7, 11) is 0. The van der Waals surface area contributed by atoms with Crippen molar-refractivity contribution in [3.63, 3.8) is 0 Å². The minimum absolute atomic E-state index is 0.133. The van der Waals surface area contributed by atoms with E-state index in [-0.39, 0.29) is 5.91 Å². The Morgan fingerprint density at radius 1 is 1.42 bits per heavy atom. The molecule has 0 radical (unpaired) electrons. The maximum Gasteiger partial charge on any atom is 0.220 e. The molecule has 1 aromatic heterocycles. The first-order chi connectivity index (χ1) is 11.6. The fourth-order valence-corrected chi connectivity index (χ4v) is 3.49. The van der Waals surface area contributed by atoms with Crippen molar-refractivity contribution in [1.29, 1.82) is 0 Å². The summed E-state index contributed by atoms with van der Waals surface area (Å²) in [5.41, 5.74) is 2.84. The Bertz CT molecular complexity index is 689. The Kier molecular flexibility index (Phi) is 5.51. The van der Waals surface area contributed by atoms with Crippen molar-refractivity contribution in [2.75, 3.05) is 19.6 Å². The molecule has 2 heterocycles. The summed E-state index contributed by atoms with van der Waals surface area (Å²) in [4.78, 5) is 16.7. The monoisotopic (exact) mass is 329 g/mol.